The fourth-order valence-electron chi connectivity index (χ4n) is 1.82. The summed E-state index contributed by atoms with van der Waals surface area (Å²) in [5, 5.41) is 9.72. The Hall–Kier alpha value is -0.300. The maximum Gasteiger partial charge on any atom is 0.0681 e. The molecule has 1 nitrogen and oxygen atoms in total. The van der Waals surface area contributed by atoms with Crippen LogP contribution in [-0.2, 0) is 0 Å². The minimum absolute atomic E-state index is 0.231. The Morgan fingerprint density at radius 3 is 2.60 bits per heavy atom. The normalized spacial score (nSPS) is 35.9. The van der Waals surface area contributed by atoms with Crippen molar-refractivity contribution in [3.8, 4) is 0 Å². The molecule has 10 heavy (non-hydrogen) atoms. The maximum absolute atomic E-state index is 9.72. The van der Waals surface area contributed by atoms with E-state index in [2.05, 4.69) is 12.2 Å². The monoisotopic (exact) mass is 138 g/mol. The molecule has 1 heteroatoms. The van der Waals surface area contributed by atoms with Gasteiger partial charge in [0.1, 0.15) is 0 Å². The van der Waals surface area contributed by atoms with Crippen molar-refractivity contribution >= 4 is 0 Å². The van der Waals surface area contributed by atoms with E-state index in [9.17, 15) is 5.11 Å². The van der Waals surface area contributed by atoms with E-state index in [0.29, 0.717) is 5.92 Å². The Labute approximate surface area is 61.8 Å². The van der Waals surface area contributed by atoms with Gasteiger partial charge in [-0.3, -0.25) is 0 Å². The van der Waals surface area contributed by atoms with Crippen LogP contribution in [0.4, 0.5) is 0 Å². The molecule has 0 radical (unpaired) electrons. The first kappa shape index (κ1) is 6.41. The van der Waals surface area contributed by atoms with E-state index in [1.165, 1.54) is 12.8 Å². The topological polar surface area (TPSA) is 20.2 Å². The Kier molecular flexibility index (Phi) is 1.34. The van der Waals surface area contributed by atoms with Gasteiger partial charge in [-0.15, -0.1) is 0 Å². The van der Waals surface area contributed by atoms with E-state index in [1.54, 1.807) is 0 Å². The van der Waals surface area contributed by atoms with Crippen molar-refractivity contribution in [1.82, 2.24) is 0 Å². The SMILES string of the molecule is OC1(C2CC=CCC2)CC1. The molecule has 0 aliphatic heterocycles. The lowest BCUT2D eigenvalue weighted by molar-refractivity contribution is 0.0767. The van der Waals surface area contributed by atoms with Gasteiger partial charge in [0.2, 0.25) is 0 Å². The molecule has 1 saturated carbocycles. The lowest BCUT2D eigenvalue weighted by atomic mass is 9.88. The number of aliphatic hydroxyl groups is 1. The zero-order chi connectivity index (χ0) is 7.03. The lowest BCUT2D eigenvalue weighted by Crippen LogP contribution is -2.22. The summed E-state index contributed by atoms with van der Waals surface area (Å²) in [4.78, 5) is 0. The molecule has 0 aromatic rings. The van der Waals surface area contributed by atoms with Gasteiger partial charge in [-0.2, -0.15) is 0 Å². The Morgan fingerprint density at radius 1 is 1.30 bits per heavy atom. The molecule has 2 aliphatic rings. The van der Waals surface area contributed by atoms with Crippen LogP contribution in [0.2, 0.25) is 0 Å². The first-order valence-electron chi connectivity index (χ1n) is 4.19. The summed E-state index contributed by atoms with van der Waals surface area (Å²) in [6.07, 6.45) is 10.0. The van der Waals surface area contributed by atoms with E-state index >= 15 is 0 Å². The van der Waals surface area contributed by atoms with Gasteiger partial charge in [0.05, 0.1) is 5.60 Å². The fraction of sp³-hybridized carbons (Fsp3) is 0.778. The average Bonchev–Trinajstić information content (AvgIpc) is 2.72. The highest BCUT2D eigenvalue weighted by Crippen LogP contribution is 2.46. The van der Waals surface area contributed by atoms with Gasteiger partial charge in [-0.1, -0.05) is 12.2 Å². The maximum atomic E-state index is 9.72. The zero-order valence-electron chi connectivity index (χ0n) is 6.21. The van der Waals surface area contributed by atoms with Crippen LogP contribution in [0.15, 0.2) is 12.2 Å². The van der Waals surface area contributed by atoms with Gasteiger partial charge < -0.3 is 5.11 Å². The largest absolute Gasteiger partial charge is 0.390 e. The van der Waals surface area contributed by atoms with Gasteiger partial charge in [0.25, 0.3) is 0 Å². The molecule has 56 valence electrons. The third kappa shape index (κ3) is 0.988. The van der Waals surface area contributed by atoms with E-state index in [0.717, 1.165) is 19.3 Å². The second kappa shape index (κ2) is 2.09. The highest BCUT2D eigenvalue weighted by Gasteiger charge is 2.46. The van der Waals surface area contributed by atoms with E-state index in [-0.39, 0.29) is 5.60 Å². The molecule has 0 saturated heterocycles. The van der Waals surface area contributed by atoms with Gasteiger partial charge >= 0.3 is 0 Å². The van der Waals surface area contributed by atoms with Crippen molar-refractivity contribution in [1.29, 1.82) is 0 Å². The zero-order valence-corrected chi connectivity index (χ0v) is 6.21. The van der Waals surface area contributed by atoms with E-state index in [4.69, 9.17) is 0 Å². The van der Waals surface area contributed by atoms with Crippen LogP contribution >= 0.6 is 0 Å². The quantitative estimate of drug-likeness (QED) is 0.548. The molecule has 1 fully saturated rings. The van der Waals surface area contributed by atoms with Gasteiger partial charge in [0, 0.05) is 0 Å². The molecule has 0 aromatic heterocycles. The molecule has 1 N–H and O–H groups in total. The summed E-state index contributed by atoms with van der Waals surface area (Å²) in [5.41, 5.74) is -0.231. The smallest absolute Gasteiger partial charge is 0.0681 e. The summed E-state index contributed by atoms with van der Waals surface area (Å²) < 4.78 is 0. The number of rotatable bonds is 1. The number of hydrogen-bond acceptors (Lipinski definition) is 1. The summed E-state index contributed by atoms with van der Waals surface area (Å²) >= 11 is 0. The first-order chi connectivity index (χ1) is 4.81. The summed E-state index contributed by atoms with van der Waals surface area (Å²) in [5.74, 6) is 0.581. The number of hydrogen-bond donors (Lipinski definition) is 1. The Balaban J connectivity index is 1.99. The highest BCUT2D eigenvalue weighted by atomic mass is 16.3. The highest BCUT2D eigenvalue weighted by molar-refractivity contribution is 5.04. The van der Waals surface area contributed by atoms with E-state index in [1.807, 2.05) is 0 Å². The third-order valence-electron chi connectivity index (χ3n) is 2.79. The molecule has 2 aliphatic carbocycles. The van der Waals surface area contributed by atoms with Crippen LogP contribution in [0.5, 0.6) is 0 Å². The minimum Gasteiger partial charge on any atom is -0.390 e. The predicted octanol–water partition coefficient (Wildman–Crippen LogP) is 1.87. The summed E-state index contributed by atoms with van der Waals surface area (Å²) in [7, 11) is 0. The van der Waals surface area contributed by atoms with Crippen molar-refractivity contribution < 1.29 is 5.11 Å². The van der Waals surface area contributed by atoms with Crippen molar-refractivity contribution in [2.24, 2.45) is 5.92 Å². The molecular formula is C9H14O. The lowest BCUT2D eigenvalue weighted by Gasteiger charge is -2.22. The van der Waals surface area contributed by atoms with Crippen molar-refractivity contribution in [3.05, 3.63) is 12.2 Å². The standard InChI is InChI=1S/C9H14O/c10-9(6-7-9)8-4-2-1-3-5-8/h1-2,8,10H,3-7H2. The van der Waals surface area contributed by atoms with E-state index < -0.39 is 0 Å². The molecule has 2 rings (SSSR count). The molecule has 0 spiro atoms. The minimum atomic E-state index is -0.231. The summed E-state index contributed by atoms with van der Waals surface area (Å²) in [6, 6.07) is 0. The second-order valence-corrected chi connectivity index (χ2v) is 3.58. The van der Waals surface area contributed by atoms with Gasteiger partial charge in [-0.25, -0.2) is 0 Å². The van der Waals surface area contributed by atoms with Gasteiger partial charge in [-0.05, 0) is 38.0 Å². The average molecular weight is 138 g/mol. The van der Waals surface area contributed by atoms with Crippen LogP contribution in [0, 0.1) is 5.92 Å². The van der Waals surface area contributed by atoms with Crippen molar-refractivity contribution in [2.45, 2.75) is 37.7 Å². The fourth-order valence-corrected chi connectivity index (χ4v) is 1.82. The Morgan fingerprint density at radius 2 is 2.10 bits per heavy atom. The molecule has 0 amide bonds. The molecule has 0 heterocycles. The van der Waals surface area contributed by atoms with Crippen LogP contribution in [-0.4, -0.2) is 10.7 Å². The van der Waals surface area contributed by atoms with Crippen LogP contribution in [0.1, 0.15) is 32.1 Å². The van der Waals surface area contributed by atoms with Crippen molar-refractivity contribution in [2.75, 3.05) is 0 Å². The third-order valence-corrected chi connectivity index (χ3v) is 2.79. The molecular weight excluding hydrogens is 124 g/mol. The predicted molar refractivity (Wildman–Crippen MR) is 40.7 cm³/mol. The molecule has 1 unspecified atom stereocenters. The van der Waals surface area contributed by atoms with Gasteiger partial charge in [0.15, 0.2) is 0 Å². The first-order valence-corrected chi connectivity index (χ1v) is 4.19. The number of allylic oxidation sites excluding steroid dienone is 2. The molecule has 0 bridgehead atoms. The van der Waals surface area contributed by atoms with Crippen LogP contribution < -0.4 is 0 Å². The summed E-state index contributed by atoms with van der Waals surface area (Å²) in [6.45, 7) is 0. The van der Waals surface area contributed by atoms with Crippen LogP contribution in [0.25, 0.3) is 0 Å². The Bertz CT molecular complexity index is 156. The molecule has 1 atom stereocenters. The van der Waals surface area contributed by atoms with Crippen LogP contribution in [0.3, 0.4) is 0 Å². The molecule has 0 aromatic carbocycles. The van der Waals surface area contributed by atoms with Crippen molar-refractivity contribution in [3.63, 3.8) is 0 Å². The second-order valence-electron chi connectivity index (χ2n) is 3.58.